The Hall–Kier alpha value is -4.20. The Bertz CT molecular complexity index is 1260. The monoisotopic (exact) mass is 426 g/mol. The van der Waals surface area contributed by atoms with E-state index in [-0.39, 0.29) is 6.03 Å². The van der Waals surface area contributed by atoms with Gasteiger partial charge in [-0.25, -0.2) is 14.8 Å². The maximum Gasteiger partial charge on any atom is 0.327 e. The van der Waals surface area contributed by atoms with Crippen molar-refractivity contribution in [1.29, 1.82) is 0 Å². The predicted molar refractivity (Wildman–Crippen MR) is 124 cm³/mol. The van der Waals surface area contributed by atoms with Crippen LogP contribution >= 0.6 is 0 Å². The van der Waals surface area contributed by atoms with Crippen LogP contribution in [0.5, 0.6) is 0 Å². The number of fused-ring (bicyclic) bond motifs is 1. The molecule has 0 unspecified atom stereocenters. The molecule has 0 saturated heterocycles. The van der Waals surface area contributed by atoms with Gasteiger partial charge in [-0.1, -0.05) is 12.1 Å². The Balaban J connectivity index is 1.45. The topological polar surface area (TPSA) is 96.2 Å². The molecule has 0 radical (unpaired) electrons. The van der Waals surface area contributed by atoms with Gasteiger partial charge in [0.1, 0.15) is 0 Å². The number of nitrogens with zero attached hydrogens (tertiary/aromatic N) is 4. The molecule has 2 amide bonds. The molecular formula is C24H22N6O2. The zero-order valence-electron chi connectivity index (χ0n) is 17.6. The van der Waals surface area contributed by atoms with E-state index in [1.807, 2.05) is 55.5 Å². The van der Waals surface area contributed by atoms with E-state index in [1.165, 1.54) is 6.39 Å². The van der Waals surface area contributed by atoms with E-state index < -0.39 is 0 Å². The van der Waals surface area contributed by atoms with Crippen molar-refractivity contribution in [3.63, 3.8) is 0 Å². The smallest absolute Gasteiger partial charge is 0.327 e. The molecule has 160 valence electrons. The number of carbonyl (C=O) groups is 1. The predicted octanol–water partition coefficient (Wildman–Crippen LogP) is 4.96. The number of anilines is 3. The fraction of sp³-hybridized carbons (Fsp3) is 0.167. The van der Waals surface area contributed by atoms with E-state index in [0.717, 1.165) is 41.2 Å². The van der Waals surface area contributed by atoms with Crippen LogP contribution in [0.2, 0.25) is 0 Å². The average Bonchev–Trinajstić information content (AvgIpc) is 3.26. The van der Waals surface area contributed by atoms with Gasteiger partial charge in [0, 0.05) is 41.8 Å². The Morgan fingerprint density at radius 3 is 2.94 bits per heavy atom. The van der Waals surface area contributed by atoms with Crippen LogP contribution in [0.15, 0.2) is 71.7 Å². The lowest BCUT2D eigenvalue weighted by Gasteiger charge is -2.22. The molecule has 1 aromatic carbocycles. The van der Waals surface area contributed by atoms with Gasteiger partial charge in [0.05, 0.1) is 17.6 Å². The number of hydrogen-bond acceptors (Lipinski definition) is 6. The quantitative estimate of drug-likeness (QED) is 0.481. The highest BCUT2D eigenvalue weighted by Gasteiger charge is 2.23. The molecule has 0 aliphatic carbocycles. The van der Waals surface area contributed by atoms with Crippen LogP contribution in [0.1, 0.15) is 12.1 Å². The van der Waals surface area contributed by atoms with E-state index in [9.17, 15) is 4.79 Å². The molecule has 8 nitrogen and oxygen atoms in total. The molecule has 4 heterocycles. The first-order valence-electron chi connectivity index (χ1n) is 10.4. The Labute approximate surface area is 185 Å². The van der Waals surface area contributed by atoms with Crippen LogP contribution in [-0.2, 0) is 0 Å². The lowest BCUT2D eigenvalue weighted by molar-refractivity contribution is 0.257. The van der Waals surface area contributed by atoms with Crippen molar-refractivity contribution in [1.82, 2.24) is 15.0 Å². The average molecular weight is 426 g/mol. The number of hydrogen-bond donors (Lipinski definition) is 2. The summed E-state index contributed by atoms with van der Waals surface area (Å²) in [5, 5.41) is 6.37. The van der Waals surface area contributed by atoms with Crippen LogP contribution in [0.4, 0.5) is 22.0 Å². The highest BCUT2D eigenvalue weighted by Crippen LogP contribution is 2.31. The van der Waals surface area contributed by atoms with Gasteiger partial charge in [0.25, 0.3) is 0 Å². The minimum Gasteiger partial charge on any atom is -0.444 e. The fourth-order valence-corrected chi connectivity index (χ4v) is 3.72. The SMILES string of the molecule is Cc1cc(-c2ccc3c(n2)N(C(=O)Nc2cccc(-c4cnco4)c2)CCCN3)ccn1. The molecule has 1 aliphatic heterocycles. The molecule has 1 aliphatic rings. The number of aryl methyl sites for hydroxylation is 1. The first kappa shape index (κ1) is 19.7. The highest BCUT2D eigenvalue weighted by molar-refractivity contribution is 6.03. The highest BCUT2D eigenvalue weighted by atomic mass is 16.3. The molecule has 32 heavy (non-hydrogen) atoms. The van der Waals surface area contributed by atoms with Crippen LogP contribution in [0.3, 0.4) is 0 Å². The second-order valence-corrected chi connectivity index (χ2v) is 7.56. The maximum absolute atomic E-state index is 13.3. The molecule has 0 saturated carbocycles. The number of pyridine rings is 2. The largest absolute Gasteiger partial charge is 0.444 e. The van der Waals surface area contributed by atoms with Crippen molar-refractivity contribution in [2.45, 2.75) is 13.3 Å². The van der Waals surface area contributed by atoms with E-state index in [0.29, 0.717) is 23.8 Å². The van der Waals surface area contributed by atoms with Crippen molar-refractivity contribution in [2.75, 3.05) is 28.6 Å². The van der Waals surface area contributed by atoms with Crippen molar-refractivity contribution < 1.29 is 9.21 Å². The summed E-state index contributed by atoms with van der Waals surface area (Å²) < 4.78 is 5.37. The summed E-state index contributed by atoms with van der Waals surface area (Å²) in [6.07, 6.45) is 5.60. The third kappa shape index (κ3) is 4.02. The van der Waals surface area contributed by atoms with Gasteiger partial charge in [-0.15, -0.1) is 0 Å². The molecule has 0 atom stereocenters. The van der Waals surface area contributed by atoms with Crippen LogP contribution in [0.25, 0.3) is 22.6 Å². The molecular weight excluding hydrogens is 404 g/mol. The minimum absolute atomic E-state index is 0.236. The zero-order valence-corrected chi connectivity index (χ0v) is 17.6. The fourth-order valence-electron chi connectivity index (χ4n) is 3.72. The first-order chi connectivity index (χ1) is 15.7. The molecule has 0 bridgehead atoms. The van der Waals surface area contributed by atoms with E-state index >= 15 is 0 Å². The van der Waals surface area contributed by atoms with Gasteiger partial charge in [0.2, 0.25) is 0 Å². The molecule has 0 spiro atoms. The van der Waals surface area contributed by atoms with Crippen molar-refractivity contribution in [3.8, 4) is 22.6 Å². The lowest BCUT2D eigenvalue weighted by atomic mass is 10.1. The minimum atomic E-state index is -0.236. The van der Waals surface area contributed by atoms with Crippen LogP contribution in [-0.4, -0.2) is 34.1 Å². The van der Waals surface area contributed by atoms with Gasteiger partial charge in [-0.2, -0.15) is 0 Å². The lowest BCUT2D eigenvalue weighted by Crippen LogP contribution is -2.36. The van der Waals surface area contributed by atoms with Gasteiger partial charge in [-0.3, -0.25) is 9.88 Å². The number of urea groups is 1. The number of benzene rings is 1. The number of rotatable bonds is 3. The van der Waals surface area contributed by atoms with Crippen molar-refractivity contribution >= 4 is 23.2 Å². The van der Waals surface area contributed by atoms with Gasteiger partial charge in [-0.05, 0) is 49.7 Å². The van der Waals surface area contributed by atoms with Crippen LogP contribution < -0.4 is 15.5 Å². The van der Waals surface area contributed by atoms with Gasteiger partial charge < -0.3 is 15.1 Å². The van der Waals surface area contributed by atoms with E-state index in [4.69, 9.17) is 9.40 Å². The third-order valence-electron chi connectivity index (χ3n) is 5.27. The molecule has 8 heteroatoms. The number of aromatic nitrogens is 3. The van der Waals surface area contributed by atoms with Crippen LogP contribution in [0, 0.1) is 6.92 Å². The maximum atomic E-state index is 13.3. The van der Waals surface area contributed by atoms with Gasteiger partial charge >= 0.3 is 6.03 Å². The molecule has 5 rings (SSSR count). The summed E-state index contributed by atoms with van der Waals surface area (Å²) >= 11 is 0. The van der Waals surface area contributed by atoms with Gasteiger partial charge in [0.15, 0.2) is 18.0 Å². The Kier molecular flexibility index (Phi) is 5.25. The summed E-state index contributed by atoms with van der Waals surface area (Å²) in [6.45, 7) is 3.27. The molecule has 4 aromatic rings. The number of amides is 2. The normalized spacial score (nSPS) is 13.1. The zero-order chi connectivity index (χ0) is 21.9. The number of carbonyl (C=O) groups excluding carboxylic acids is 1. The first-order valence-corrected chi connectivity index (χ1v) is 10.4. The summed E-state index contributed by atoms with van der Waals surface area (Å²) in [6, 6.07) is 15.1. The van der Waals surface area contributed by atoms with E-state index in [2.05, 4.69) is 20.6 Å². The molecule has 2 N–H and O–H groups in total. The Morgan fingerprint density at radius 1 is 1.16 bits per heavy atom. The number of nitrogens with one attached hydrogen (secondary N) is 2. The summed E-state index contributed by atoms with van der Waals surface area (Å²) in [7, 11) is 0. The Morgan fingerprint density at radius 2 is 2.09 bits per heavy atom. The van der Waals surface area contributed by atoms with E-state index in [1.54, 1.807) is 17.3 Å². The second kappa shape index (κ2) is 8.50. The third-order valence-corrected chi connectivity index (χ3v) is 5.27. The molecule has 3 aromatic heterocycles. The standard InChI is InChI=1S/C24H22N6O2/c1-16-12-17(8-10-26-16)20-6-7-21-23(29-20)30(11-3-9-27-21)24(31)28-19-5-2-4-18(13-19)22-14-25-15-32-22/h2,4-8,10,12-15,27H,3,9,11H2,1H3,(H,28,31). The van der Waals surface area contributed by atoms with Crippen molar-refractivity contribution in [2.24, 2.45) is 0 Å². The summed E-state index contributed by atoms with van der Waals surface area (Å²) in [5.74, 6) is 1.25. The second-order valence-electron chi connectivity index (χ2n) is 7.56. The van der Waals surface area contributed by atoms with Crippen molar-refractivity contribution in [3.05, 3.63) is 73.0 Å². The number of oxazole rings is 1. The molecule has 0 fully saturated rings. The summed E-state index contributed by atoms with van der Waals surface area (Å²) in [5.41, 5.74) is 5.02. The summed E-state index contributed by atoms with van der Waals surface area (Å²) in [4.78, 5) is 28.0.